The van der Waals surface area contributed by atoms with Gasteiger partial charge in [0.2, 0.25) is 11.8 Å². The number of nitrogens with zero attached hydrogens (tertiary/aromatic N) is 3. The van der Waals surface area contributed by atoms with E-state index in [9.17, 15) is 14.4 Å². The van der Waals surface area contributed by atoms with Crippen molar-refractivity contribution in [3.05, 3.63) is 87.2 Å². The van der Waals surface area contributed by atoms with Gasteiger partial charge < -0.3 is 10.6 Å². The highest BCUT2D eigenvalue weighted by Crippen LogP contribution is 2.32. The zero-order valence-corrected chi connectivity index (χ0v) is 22.6. The third kappa shape index (κ3) is 5.93. The summed E-state index contributed by atoms with van der Waals surface area (Å²) in [4.78, 5) is 44.0. The molecule has 0 radical (unpaired) electrons. The van der Waals surface area contributed by atoms with Crippen molar-refractivity contribution in [1.29, 1.82) is 0 Å². The maximum atomic E-state index is 13.4. The molecule has 2 aromatic carbocycles. The third-order valence-corrected chi connectivity index (χ3v) is 7.22. The Morgan fingerprint density at radius 2 is 1.82 bits per heavy atom. The molecule has 0 spiro atoms. The van der Waals surface area contributed by atoms with Crippen molar-refractivity contribution < 1.29 is 9.59 Å². The maximum absolute atomic E-state index is 13.4. The Kier molecular flexibility index (Phi) is 7.87. The summed E-state index contributed by atoms with van der Waals surface area (Å²) in [6.07, 6.45) is 4.55. The molecule has 2 aliphatic heterocycles. The van der Waals surface area contributed by atoms with Crippen LogP contribution in [-0.4, -0.2) is 21.4 Å². The molecule has 39 heavy (non-hydrogen) atoms. The second kappa shape index (κ2) is 11.5. The molecule has 0 aliphatic carbocycles. The first-order valence-corrected chi connectivity index (χ1v) is 13.3. The van der Waals surface area contributed by atoms with Crippen molar-refractivity contribution in [2.45, 2.75) is 38.8 Å². The Morgan fingerprint density at radius 3 is 2.59 bits per heavy atom. The van der Waals surface area contributed by atoms with E-state index in [1.165, 1.54) is 17.0 Å². The Bertz CT molecular complexity index is 1510. The number of benzene rings is 2. The van der Waals surface area contributed by atoms with Crippen LogP contribution in [0, 0.1) is 5.92 Å². The summed E-state index contributed by atoms with van der Waals surface area (Å²) in [5, 5.41) is 8.40. The first-order valence-electron chi connectivity index (χ1n) is 12.5. The number of nitrogens with one attached hydrogen (secondary N) is 4. The summed E-state index contributed by atoms with van der Waals surface area (Å²) in [5.74, 6) is -0.627. The Labute approximate surface area is 234 Å². The number of carbonyl (C=O) groups excluding carboxylic acids is 2. The van der Waals surface area contributed by atoms with Gasteiger partial charge in [0.15, 0.2) is 0 Å². The summed E-state index contributed by atoms with van der Waals surface area (Å²) < 4.78 is 1.35. The summed E-state index contributed by atoms with van der Waals surface area (Å²) in [6, 6.07) is 13.1. The van der Waals surface area contributed by atoms with Crippen LogP contribution in [-0.2, 0) is 16.1 Å². The van der Waals surface area contributed by atoms with Crippen LogP contribution in [0.25, 0.3) is 11.3 Å². The minimum Gasteiger partial charge on any atom is -0.350 e. The molecule has 4 N–H and O–H groups in total. The van der Waals surface area contributed by atoms with E-state index < -0.39 is 6.04 Å². The first-order chi connectivity index (χ1) is 18.8. The van der Waals surface area contributed by atoms with Gasteiger partial charge in [0, 0.05) is 34.8 Å². The lowest BCUT2D eigenvalue weighted by molar-refractivity contribution is -0.124. The minimum absolute atomic E-state index is 0.0785. The maximum Gasteiger partial charge on any atom is 0.254 e. The number of halogens is 2. The average molecular weight is 568 g/mol. The van der Waals surface area contributed by atoms with Crippen molar-refractivity contribution in [3.8, 4) is 11.3 Å². The molecular formula is C27H27Cl2N7O3. The second-order valence-electron chi connectivity index (χ2n) is 9.48. The smallest absolute Gasteiger partial charge is 0.254 e. The van der Waals surface area contributed by atoms with Crippen LogP contribution >= 0.6 is 23.2 Å². The fourth-order valence-corrected chi connectivity index (χ4v) is 4.95. The van der Waals surface area contributed by atoms with E-state index in [4.69, 9.17) is 23.2 Å². The zero-order chi connectivity index (χ0) is 27.5. The van der Waals surface area contributed by atoms with Gasteiger partial charge in [-0.05, 0) is 42.7 Å². The number of para-hydroxylation sites is 1. The quantitative estimate of drug-likeness (QED) is 0.352. The molecule has 202 valence electrons. The standard InChI is InChI=1S/C27H27Cl2N7O3/c1-16-5-4-8-23(27(39)30-13-17-6-2-3-7-20(17)32-26(16)38)35-15-31-21(12-25(35)37)19-11-18(28)9-10-22(19)36-14-24(29)33-34-36/h2-3,6-7,9-12,14-16,23,33-34H,4-5,8,13H2,1H3,(H,30,39)(H,32,38)/t16-,23+/m1/s1. The summed E-state index contributed by atoms with van der Waals surface area (Å²) in [5.41, 5.74) is 8.40. The van der Waals surface area contributed by atoms with Gasteiger partial charge in [0.25, 0.3) is 5.56 Å². The highest BCUT2D eigenvalue weighted by molar-refractivity contribution is 6.31. The fourth-order valence-electron chi connectivity index (χ4n) is 4.63. The lowest BCUT2D eigenvalue weighted by Gasteiger charge is -2.23. The number of hydrazine groups is 2. The molecule has 2 amide bonds. The van der Waals surface area contributed by atoms with Gasteiger partial charge in [0.1, 0.15) is 11.2 Å². The van der Waals surface area contributed by atoms with Gasteiger partial charge in [-0.1, -0.05) is 54.7 Å². The van der Waals surface area contributed by atoms with Gasteiger partial charge in [-0.25, -0.2) is 4.98 Å². The second-order valence-corrected chi connectivity index (χ2v) is 10.3. The van der Waals surface area contributed by atoms with E-state index in [0.29, 0.717) is 52.1 Å². The Hall–Kier alpha value is -3.86. The van der Waals surface area contributed by atoms with Crippen LogP contribution in [0.15, 0.2) is 71.0 Å². The molecule has 3 aromatic rings. The van der Waals surface area contributed by atoms with Crippen LogP contribution in [0.4, 0.5) is 11.4 Å². The van der Waals surface area contributed by atoms with Gasteiger partial charge in [-0.15, -0.1) is 5.53 Å². The topological polar surface area (TPSA) is 120 Å². The van der Waals surface area contributed by atoms with Crippen LogP contribution in [0.2, 0.25) is 5.02 Å². The lowest BCUT2D eigenvalue weighted by atomic mass is 9.99. The predicted octanol–water partition coefficient (Wildman–Crippen LogP) is 4.05. The Balaban J connectivity index is 1.46. The number of aromatic nitrogens is 2. The Morgan fingerprint density at radius 1 is 1.00 bits per heavy atom. The number of rotatable bonds is 3. The molecule has 2 atom stereocenters. The van der Waals surface area contributed by atoms with E-state index in [1.807, 2.05) is 31.2 Å². The number of hydrogen-bond donors (Lipinski definition) is 4. The van der Waals surface area contributed by atoms with Crippen LogP contribution in [0.3, 0.4) is 0 Å². The van der Waals surface area contributed by atoms with Gasteiger partial charge in [-0.2, -0.15) is 0 Å². The van der Waals surface area contributed by atoms with Crippen molar-refractivity contribution in [2.24, 2.45) is 5.92 Å². The van der Waals surface area contributed by atoms with Gasteiger partial charge >= 0.3 is 0 Å². The van der Waals surface area contributed by atoms with Crippen molar-refractivity contribution >= 4 is 46.4 Å². The number of anilines is 2. The minimum atomic E-state index is -0.786. The normalized spacial score (nSPS) is 20.1. The third-order valence-electron chi connectivity index (χ3n) is 6.80. The molecule has 0 saturated carbocycles. The largest absolute Gasteiger partial charge is 0.350 e. The lowest BCUT2D eigenvalue weighted by Crippen LogP contribution is -2.38. The monoisotopic (exact) mass is 567 g/mol. The van der Waals surface area contributed by atoms with Crippen LogP contribution in [0.1, 0.15) is 37.8 Å². The molecular weight excluding hydrogens is 541 g/mol. The summed E-state index contributed by atoms with van der Waals surface area (Å²) in [6.45, 7) is 2.07. The van der Waals surface area contributed by atoms with E-state index in [2.05, 4.69) is 26.6 Å². The number of hydrogen-bond acceptors (Lipinski definition) is 7. The van der Waals surface area contributed by atoms with Crippen molar-refractivity contribution in [1.82, 2.24) is 25.8 Å². The zero-order valence-electron chi connectivity index (χ0n) is 21.1. The van der Waals surface area contributed by atoms with E-state index in [-0.39, 0.29) is 29.8 Å². The van der Waals surface area contributed by atoms with Crippen LogP contribution < -0.4 is 32.2 Å². The predicted molar refractivity (Wildman–Crippen MR) is 151 cm³/mol. The molecule has 12 heteroatoms. The molecule has 5 rings (SSSR count). The van der Waals surface area contributed by atoms with Crippen molar-refractivity contribution in [2.75, 3.05) is 10.3 Å². The van der Waals surface area contributed by atoms with E-state index in [1.54, 1.807) is 29.4 Å². The highest BCUT2D eigenvalue weighted by atomic mass is 35.5. The molecule has 0 unspecified atom stereocenters. The molecule has 0 saturated heterocycles. The van der Waals surface area contributed by atoms with Gasteiger partial charge in [0.05, 0.1) is 23.9 Å². The molecule has 3 heterocycles. The van der Waals surface area contributed by atoms with Crippen LogP contribution in [0.5, 0.6) is 0 Å². The number of fused-ring (bicyclic) bond motifs is 1. The molecule has 1 aromatic heterocycles. The van der Waals surface area contributed by atoms with Crippen molar-refractivity contribution in [3.63, 3.8) is 0 Å². The number of carbonyl (C=O) groups is 2. The summed E-state index contributed by atoms with van der Waals surface area (Å²) in [7, 11) is 0. The van der Waals surface area contributed by atoms with E-state index in [0.717, 1.165) is 5.56 Å². The summed E-state index contributed by atoms with van der Waals surface area (Å²) >= 11 is 12.3. The fraction of sp³-hybridized carbons (Fsp3) is 0.259. The SMILES string of the molecule is C[C@@H]1CCC[C@H](n2cnc(-c3cc(Cl)ccc3N3C=C(Cl)NN3)cc2=O)C(=O)NCc2ccccc2NC1=O. The van der Waals surface area contributed by atoms with Gasteiger partial charge in [-0.3, -0.25) is 29.4 Å². The number of amides is 2. The molecule has 0 bridgehead atoms. The first kappa shape index (κ1) is 26.7. The highest BCUT2D eigenvalue weighted by Gasteiger charge is 2.25. The molecule has 10 nitrogen and oxygen atoms in total. The average Bonchev–Trinajstić information content (AvgIpc) is 3.36. The molecule has 0 fully saturated rings. The van der Waals surface area contributed by atoms with E-state index >= 15 is 0 Å². The molecule has 2 aliphatic rings.